The quantitative estimate of drug-likeness (QED) is 0.0489. The van der Waals surface area contributed by atoms with E-state index >= 15 is 0 Å². The minimum atomic E-state index is -0.933. The summed E-state index contributed by atoms with van der Waals surface area (Å²) in [6, 6.07) is 18.9. The topological polar surface area (TPSA) is 244 Å². The zero-order valence-corrected chi connectivity index (χ0v) is 36.9. The lowest BCUT2D eigenvalue weighted by Crippen LogP contribution is -2.36. The van der Waals surface area contributed by atoms with Crippen molar-refractivity contribution in [2.45, 2.75) is 142 Å². The highest BCUT2D eigenvalue weighted by Crippen LogP contribution is 2.34. The van der Waals surface area contributed by atoms with Crippen LogP contribution in [0.2, 0.25) is 0 Å². The van der Waals surface area contributed by atoms with E-state index in [9.17, 15) is 28.8 Å². The number of nitrogens with two attached hydrogens (primary N) is 3. The van der Waals surface area contributed by atoms with Gasteiger partial charge in [-0.1, -0.05) is 36.4 Å². The highest BCUT2D eigenvalue weighted by atomic mass is 16.6. The van der Waals surface area contributed by atoms with E-state index < -0.39 is 70.6 Å². The van der Waals surface area contributed by atoms with Gasteiger partial charge in [0.05, 0.1) is 18.1 Å². The Morgan fingerprint density at radius 3 is 0.836 bits per heavy atom. The highest BCUT2D eigenvalue weighted by Gasteiger charge is 2.24. The monoisotopic (exact) mass is 844 g/mol. The molecule has 0 saturated heterocycles. The maximum absolute atomic E-state index is 12.9. The smallest absolute Gasteiger partial charge is 0.306 e. The van der Waals surface area contributed by atoms with Crippen molar-refractivity contribution in [3.63, 3.8) is 0 Å². The van der Waals surface area contributed by atoms with Gasteiger partial charge in [-0.25, -0.2) is 0 Å². The van der Waals surface area contributed by atoms with Crippen molar-refractivity contribution in [1.82, 2.24) is 0 Å². The van der Waals surface area contributed by atoms with Gasteiger partial charge in [0.25, 0.3) is 0 Å². The van der Waals surface area contributed by atoms with Crippen LogP contribution < -0.4 is 33.2 Å². The molecule has 3 amide bonds. The molecule has 0 aromatic heterocycles. The Hall–Kier alpha value is -5.64. The first-order valence-corrected chi connectivity index (χ1v) is 20.4. The summed E-state index contributed by atoms with van der Waals surface area (Å²) in [5, 5.41) is 8.43. The first-order chi connectivity index (χ1) is 28.3. The minimum Gasteiger partial charge on any atom is -0.460 e. The number of carbonyl (C=O) groups excluding carboxylic acids is 6. The molecule has 0 unspecified atom stereocenters. The van der Waals surface area contributed by atoms with Crippen LogP contribution in [0.4, 0.5) is 17.1 Å². The number of hydrogen-bond donors (Lipinski definition) is 6. The molecule has 0 fully saturated rings. The molecule has 0 heterocycles. The summed E-state index contributed by atoms with van der Waals surface area (Å²) in [7, 11) is 0. The molecule has 3 atom stereocenters. The SMILES string of the molecule is CC(C)(C)OC(=O)CC[C@H](N)C(=O)Nc1ccc(C(c2ccc(NC(=O)[C@@H](N)CCC(=O)OC(C)(C)C)cc2)c2ccc(NC(=O)[C@@H](N)CCC(=O)OC(C)(C)C)cc2)cc1. The van der Waals surface area contributed by atoms with Crippen LogP contribution in [0.3, 0.4) is 0 Å². The van der Waals surface area contributed by atoms with Crippen molar-refractivity contribution in [3.05, 3.63) is 89.5 Å². The molecule has 0 bridgehead atoms. The van der Waals surface area contributed by atoms with Crippen LogP contribution in [0.15, 0.2) is 72.8 Å². The Labute approximate surface area is 359 Å². The molecule has 61 heavy (non-hydrogen) atoms. The lowest BCUT2D eigenvalue weighted by Gasteiger charge is -2.21. The van der Waals surface area contributed by atoms with Gasteiger partial charge in [0.1, 0.15) is 16.8 Å². The molecule has 3 rings (SSSR count). The molecule has 0 aliphatic heterocycles. The fourth-order valence-electron chi connectivity index (χ4n) is 5.95. The molecule has 0 aliphatic carbocycles. The summed E-state index contributed by atoms with van der Waals surface area (Å²) in [5.41, 5.74) is 20.4. The second-order valence-electron chi connectivity index (χ2n) is 18.0. The van der Waals surface area contributed by atoms with Crippen LogP contribution in [0, 0.1) is 0 Å². The van der Waals surface area contributed by atoms with E-state index in [1.807, 2.05) is 36.4 Å². The van der Waals surface area contributed by atoms with Gasteiger partial charge in [0.15, 0.2) is 0 Å². The van der Waals surface area contributed by atoms with Gasteiger partial charge >= 0.3 is 17.9 Å². The maximum Gasteiger partial charge on any atom is 0.306 e. The van der Waals surface area contributed by atoms with Crippen molar-refractivity contribution < 1.29 is 43.0 Å². The third kappa shape index (κ3) is 18.3. The van der Waals surface area contributed by atoms with Crippen molar-refractivity contribution >= 4 is 52.7 Å². The number of hydrogen-bond acceptors (Lipinski definition) is 12. The van der Waals surface area contributed by atoms with E-state index in [0.717, 1.165) is 16.7 Å². The zero-order valence-electron chi connectivity index (χ0n) is 36.9. The summed E-state index contributed by atoms with van der Waals surface area (Å²) in [6.07, 6.45) is 0.342. The number of carbonyl (C=O) groups is 6. The van der Waals surface area contributed by atoms with E-state index in [-0.39, 0.29) is 44.4 Å². The molecule has 3 aromatic rings. The van der Waals surface area contributed by atoms with Crippen molar-refractivity contribution in [3.8, 4) is 0 Å². The lowest BCUT2D eigenvalue weighted by molar-refractivity contribution is -0.156. The molecular weight excluding hydrogens is 781 g/mol. The van der Waals surface area contributed by atoms with Crippen LogP contribution in [-0.2, 0) is 43.0 Å². The van der Waals surface area contributed by atoms with E-state index in [4.69, 9.17) is 31.4 Å². The third-order valence-corrected chi connectivity index (χ3v) is 8.78. The van der Waals surface area contributed by atoms with Gasteiger partial charge in [0.2, 0.25) is 17.7 Å². The standard InChI is InChI=1S/C46H64N6O9/c1-44(2,3)59-37(53)25-22-34(47)41(56)50-31-16-10-28(11-17-31)40(29-12-18-32(19-13-29)51-42(57)35(48)23-26-38(54)60-45(4,5)6)30-14-20-33(21-15-30)52-43(58)36(49)24-27-39(55)61-46(7,8)9/h10-21,34-36,40H,22-27,47-49H2,1-9H3,(H,50,56)(H,51,57)(H,52,58)/t34-,35-,36-/m0/s1. The summed E-state index contributed by atoms with van der Waals surface area (Å²) < 4.78 is 15.9. The third-order valence-electron chi connectivity index (χ3n) is 8.78. The largest absolute Gasteiger partial charge is 0.460 e. The molecular formula is C46H64N6O9. The Bertz CT molecular complexity index is 1740. The number of anilines is 3. The average Bonchev–Trinajstić information content (AvgIpc) is 3.15. The number of rotatable bonds is 18. The number of esters is 3. The van der Waals surface area contributed by atoms with Crippen molar-refractivity contribution in [2.75, 3.05) is 16.0 Å². The zero-order chi connectivity index (χ0) is 45.7. The summed E-state index contributed by atoms with van der Waals surface area (Å²) >= 11 is 0. The molecule has 332 valence electrons. The van der Waals surface area contributed by atoms with Gasteiger partial charge in [-0.15, -0.1) is 0 Å². The summed E-state index contributed by atoms with van der Waals surface area (Å²) in [6.45, 7) is 15.9. The highest BCUT2D eigenvalue weighted by molar-refractivity contribution is 5.96. The molecule has 0 radical (unpaired) electrons. The number of nitrogens with one attached hydrogen (secondary N) is 3. The van der Waals surface area contributed by atoms with Crippen LogP contribution in [0.1, 0.15) is 123 Å². The molecule has 0 aliphatic rings. The lowest BCUT2D eigenvalue weighted by atomic mass is 9.85. The maximum atomic E-state index is 12.9. The molecule has 0 spiro atoms. The second kappa shape index (κ2) is 21.7. The Balaban J connectivity index is 1.79. The number of amides is 3. The number of benzene rings is 3. The molecule has 3 aromatic carbocycles. The van der Waals surface area contributed by atoms with Gasteiger partial charge in [-0.05, 0) is 135 Å². The number of ether oxygens (including phenoxy) is 3. The van der Waals surface area contributed by atoms with Crippen LogP contribution in [0.5, 0.6) is 0 Å². The fourth-order valence-corrected chi connectivity index (χ4v) is 5.95. The van der Waals surface area contributed by atoms with E-state index in [2.05, 4.69) is 16.0 Å². The van der Waals surface area contributed by atoms with Crippen LogP contribution in [0.25, 0.3) is 0 Å². The average molecular weight is 845 g/mol. The molecule has 9 N–H and O–H groups in total. The van der Waals surface area contributed by atoms with Gasteiger partial charge in [-0.2, -0.15) is 0 Å². The van der Waals surface area contributed by atoms with Crippen LogP contribution in [-0.4, -0.2) is 70.6 Å². The Kier molecular flexibility index (Phi) is 17.7. The van der Waals surface area contributed by atoms with Gasteiger partial charge < -0.3 is 47.4 Å². The second-order valence-corrected chi connectivity index (χ2v) is 18.0. The van der Waals surface area contributed by atoms with Crippen LogP contribution >= 0.6 is 0 Å². The summed E-state index contributed by atoms with van der Waals surface area (Å²) in [4.78, 5) is 75.1. The summed E-state index contributed by atoms with van der Waals surface area (Å²) in [5.74, 6) is -2.99. The first kappa shape index (κ1) is 49.7. The fraction of sp³-hybridized carbons (Fsp3) is 0.478. The molecule has 0 saturated carbocycles. The van der Waals surface area contributed by atoms with Gasteiger partial charge in [0, 0.05) is 42.2 Å². The normalized spacial score (nSPS) is 13.3. The van der Waals surface area contributed by atoms with E-state index in [1.165, 1.54) is 0 Å². The van der Waals surface area contributed by atoms with E-state index in [1.54, 1.807) is 98.7 Å². The predicted molar refractivity (Wildman–Crippen MR) is 235 cm³/mol. The molecule has 15 nitrogen and oxygen atoms in total. The van der Waals surface area contributed by atoms with Gasteiger partial charge in [-0.3, -0.25) is 28.8 Å². The van der Waals surface area contributed by atoms with Crippen molar-refractivity contribution in [2.24, 2.45) is 17.2 Å². The predicted octanol–water partition coefficient (Wildman–Crippen LogP) is 6.03. The molecule has 15 heteroatoms. The Morgan fingerprint density at radius 2 is 0.639 bits per heavy atom. The minimum absolute atomic E-state index is 0.000773. The van der Waals surface area contributed by atoms with E-state index in [0.29, 0.717) is 17.1 Å². The van der Waals surface area contributed by atoms with Crippen molar-refractivity contribution in [1.29, 1.82) is 0 Å². The first-order valence-electron chi connectivity index (χ1n) is 20.4. The Morgan fingerprint density at radius 1 is 0.426 bits per heavy atom.